The minimum Gasteiger partial charge on any atom is -0.468 e. The maximum atomic E-state index is 12.2. The van der Waals surface area contributed by atoms with Gasteiger partial charge in [-0.15, -0.1) is 23.5 Å². The first-order chi connectivity index (χ1) is 16.6. The Bertz CT molecular complexity index is 431. The molecule has 0 bridgehead atoms. The minimum absolute atomic E-state index is 0.0880. The van der Waals surface area contributed by atoms with Gasteiger partial charge in [0.1, 0.15) is 10.5 Å². The summed E-state index contributed by atoms with van der Waals surface area (Å²) < 4.78 is 10.1. The van der Waals surface area contributed by atoms with Crippen LogP contribution in [0.15, 0.2) is 0 Å². The summed E-state index contributed by atoms with van der Waals surface area (Å²) in [6, 6.07) is 0. The summed E-state index contributed by atoms with van der Waals surface area (Å²) in [5.74, 6) is 1.49. The Hall–Kier alpha value is -0.360. The van der Waals surface area contributed by atoms with Crippen LogP contribution in [0.4, 0.5) is 0 Å². The summed E-state index contributed by atoms with van der Waals surface area (Å²) in [6.07, 6.45) is 22.1. The molecule has 0 aliphatic carbocycles. The van der Waals surface area contributed by atoms with E-state index in [1.54, 1.807) is 23.5 Å². The average molecular weight is 519 g/mol. The molecule has 0 aromatic rings. The zero-order valence-electron chi connectivity index (χ0n) is 22.7. The number of esters is 2. The van der Waals surface area contributed by atoms with Crippen LogP contribution in [0.3, 0.4) is 0 Å². The van der Waals surface area contributed by atoms with Crippen molar-refractivity contribution in [1.82, 2.24) is 0 Å². The van der Waals surface area contributed by atoms with Crippen molar-refractivity contribution in [2.75, 3.05) is 25.7 Å². The summed E-state index contributed by atoms with van der Waals surface area (Å²) >= 11 is 3.37. The molecule has 0 N–H and O–H groups in total. The van der Waals surface area contributed by atoms with E-state index in [0.717, 1.165) is 37.2 Å². The molecule has 2 unspecified atom stereocenters. The summed E-state index contributed by atoms with van der Waals surface area (Å²) in [4.78, 5) is 24.4. The number of unbranched alkanes of at least 4 members (excludes halogenated alkanes) is 14. The highest BCUT2D eigenvalue weighted by Gasteiger charge is 2.21. The molecule has 0 heterocycles. The quantitative estimate of drug-likeness (QED) is 0.0890. The van der Waals surface area contributed by atoms with Gasteiger partial charge in [0.05, 0.1) is 14.2 Å². The fraction of sp³-hybridized carbons (Fsp3) is 0.929. The third-order valence-corrected chi connectivity index (χ3v) is 9.09. The van der Waals surface area contributed by atoms with Crippen LogP contribution in [0, 0.1) is 0 Å². The molecule has 202 valence electrons. The Kier molecular flexibility index (Phi) is 25.5. The van der Waals surface area contributed by atoms with E-state index in [2.05, 4.69) is 13.8 Å². The molecular weight excluding hydrogens is 464 g/mol. The Morgan fingerprint density at radius 3 is 1.12 bits per heavy atom. The first-order valence-electron chi connectivity index (χ1n) is 14.0. The van der Waals surface area contributed by atoms with Crippen LogP contribution in [0.5, 0.6) is 0 Å². The molecule has 0 fully saturated rings. The lowest BCUT2D eigenvalue weighted by Crippen LogP contribution is -2.21. The average Bonchev–Trinajstić information content (AvgIpc) is 2.85. The second-order valence-electron chi connectivity index (χ2n) is 9.29. The molecule has 0 aliphatic heterocycles. The number of thioether (sulfide) groups is 2. The van der Waals surface area contributed by atoms with Crippen molar-refractivity contribution in [2.24, 2.45) is 0 Å². The molecule has 2 atom stereocenters. The van der Waals surface area contributed by atoms with E-state index in [1.807, 2.05) is 0 Å². The number of hydrogen-bond donors (Lipinski definition) is 0. The summed E-state index contributed by atoms with van der Waals surface area (Å²) in [5.41, 5.74) is 0. The number of hydrogen-bond acceptors (Lipinski definition) is 6. The van der Waals surface area contributed by atoms with Gasteiger partial charge in [-0.25, -0.2) is 0 Å². The topological polar surface area (TPSA) is 52.6 Å². The molecule has 0 rings (SSSR count). The highest BCUT2D eigenvalue weighted by Crippen LogP contribution is 2.25. The first-order valence-corrected chi connectivity index (χ1v) is 16.1. The van der Waals surface area contributed by atoms with Crippen LogP contribution in [-0.4, -0.2) is 48.2 Å². The largest absolute Gasteiger partial charge is 0.468 e. The first kappa shape index (κ1) is 33.6. The Morgan fingerprint density at radius 1 is 0.529 bits per heavy atom. The summed E-state index contributed by atoms with van der Waals surface area (Å²) in [7, 11) is 2.96. The normalized spacial score (nSPS) is 12.9. The lowest BCUT2D eigenvalue weighted by molar-refractivity contribution is -0.141. The van der Waals surface area contributed by atoms with Gasteiger partial charge in [-0.2, -0.15) is 0 Å². The molecule has 0 spiro atoms. The third-order valence-electron chi connectivity index (χ3n) is 6.29. The number of methoxy groups -OCH3 is 2. The van der Waals surface area contributed by atoms with E-state index in [0.29, 0.717) is 0 Å². The predicted molar refractivity (Wildman–Crippen MR) is 151 cm³/mol. The van der Waals surface area contributed by atoms with E-state index < -0.39 is 0 Å². The van der Waals surface area contributed by atoms with Gasteiger partial charge in [0, 0.05) is 11.5 Å². The number of rotatable bonds is 25. The van der Waals surface area contributed by atoms with Crippen LogP contribution in [-0.2, 0) is 19.1 Å². The molecule has 0 amide bonds. The molecule has 6 heteroatoms. The van der Waals surface area contributed by atoms with Crippen molar-refractivity contribution in [3.05, 3.63) is 0 Å². The monoisotopic (exact) mass is 518 g/mol. The lowest BCUT2D eigenvalue weighted by atomic mass is 10.1. The van der Waals surface area contributed by atoms with Gasteiger partial charge in [0.25, 0.3) is 0 Å². The van der Waals surface area contributed by atoms with Crippen LogP contribution >= 0.6 is 23.5 Å². The second-order valence-corrected chi connectivity index (χ2v) is 11.9. The highest BCUT2D eigenvalue weighted by atomic mass is 32.2. The van der Waals surface area contributed by atoms with Gasteiger partial charge >= 0.3 is 11.9 Å². The maximum Gasteiger partial charge on any atom is 0.318 e. The molecule has 0 aromatic heterocycles. The predicted octanol–water partition coefficient (Wildman–Crippen LogP) is 8.60. The van der Waals surface area contributed by atoms with Crippen molar-refractivity contribution in [2.45, 2.75) is 140 Å². The van der Waals surface area contributed by atoms with Gasteiger partial charge < -0.3 is 9.47 Å². The van der Waals surface area contributed by atoms with Crippen LogP contribution in [0.1, 0.15) is 129 Å². The van der Waals surface area contributed by atoms with E-state index in [9.17, 15) is 9.59 Å². The molecule has 0 saturated carbocycles. The van der Waals surface area contributed by atoms with Gasteiger partial charge in [0.2, 0.25) is 0 Å². The van der Waals surface area contributed by atoms with Gasteiger partial charge in [-0.1, -0.05) is 117 Å². The van der Waals surface area contributed by atoms with Crippen molar-refractivity contribution >= 4 is 35.5 Å². The van der Waals surface area contributed by atoms with Crippen LogP contribution in [0.2, 0.25) is 0 Å². The number of carbonyl (C=O) groups is 2. The van der Waals surface area contributed by atoms with E-state index in [1.165, 1.54) is 104 Å². The molecular formula is C28H54O4S2. The Morgan fingerprint density at radius 2 is 0.824 bits per heavy atom. The van der Waals surface area contributed by atoms with Gasteiger partial charge in [0.15, 0.2) is 0 Å². The number of carbonyl (C=O) groups excluding carboxylic acids is 2. The molecule has 4 nitrogen and oxygen atoms in total. The van der Waals surface area contributed by atoms with Gasteiger partial charge in [-0.05, 0) is 12.8 Å². The molecule has 0 aliphatic rings. The Labute approximate surface area is 219 Å². The second kappa shape index (κ2) is 25.7. The fourth-order valence-electron chi connectivity index (χ4n) is 4.11. The zero-order valence-corrected chi connectivity index (χ0v) is 24.4. The SMILES string of the molecule is CCCCCCCCCCC(SCCSC(CCCCCCCCCC)C(=O)OC)C(=O)OC. The number of ether oxygens (including phenoxy) is 2. The molecule has 34 heavy (non-hydrogen) atoms. The van der Waals surface area contributed by atoms with E-state index >= 15 is 0 Å². The fourth-order valence-corrected chi connectivity index (χ4v) is 6.58. The van der Waals surface area contributed by atoms with Crippen molar-refractivity contribution in [3.63, 3.8) is 0 Å². The van der Waals surface area contributed by atoms with E-state index in [-0.39, 0.29) is 22.4 Å². The summed E-state index contributed by atoms with van der Waals surface area (Å²) in [5, 5.41) is -0.176. The molecule has 0 radical (unpaired) electrons. The summed E-state index contributed by atoms with van der Waals surface area (Å²) in [6.45, 7) is 4.49. The maximum absolute atomic E-state index is 12.2. The van der Waals surface area contributed by atoms with Crippen molar-refractivity contribution in [1.29, 1.82) is 0 Å². The molecule has 0 aromatic carbocycles. The standard InChI is InChI=1S/C28H54O4S2/c1-5-7-9-11-13-15-17-19-21-25(27(29)31-3)33-23-24-34-26(28(30)32-4)22-20-18-16-14-12-10-8-6-2/h25-26H,5-24H2,1-4H3. The van der Waals surface area contributed by atoms with Gasteiger partial charge in [-0.3, -0.25) is 9.59 Å². The zero-order chi connectivity index (χ0) is 25.3. The van der Waals surface area contributed by atoms with Crippen LogP contribution in [0.25, 0.3) is 0 Å². The third kappa shape index (κ3) is 19.9. The Balaban J connectivity index is 4.11. The molecule has 0 saturated heterocycles. The van der Waals surface area contributed by atoms with Crippen molar-refractivity contribution in [3.8, 4) is 0 Å². The smallest absolute Gasteiger partial charge is 0.318 e. The van der Waals surface area contributed by atoms with E-state index in [4.69, 9.17) is 9.47 Å². The van der Waals surface area contributed by atoms with Crippen LogP contribution < -0.4 is 0 Å². The lowest BCUT2D eigenvalue weighted by Gasteiger charge is -2.16. The minimum atomic E-state index is -0.110. The van der Waals surface area contributed by atoms with Crippen molar-refractivity contribution < 1.29 is 19.1 Å². The highest BCUT2D eigenvalue weighted by molar-refractivity contribution is 8.04.